The summed E-state index contributed by atoms with van der Waals surface area (Å²) < 4.78 is 5.45. The number of rotatable bonds is 6. The van der Waals surface area contributed by atoms with Gasteiger partial charge in [0.1, 0.15) is 30.1 Å². The highest BCUT2D eigenvalue weighted by atomic mass is 16.5. The molecule has 154 valence electrons. The Hall–Kier alpha value is -3.60. The van der Waals surface area contributed by atoms with Gasteiger partial charge in [-0.15, -0.1) is 4.91 Å². The van der Waals surface area contributed by atoms with E-state index in [1.54, 1.807) is 24.3 Å². The molecule has 2 aliphatic rings. The monoisotopic (exact) mass is 409 g/mol. The number of morpholine rings is 1. The maximum Gasteiger partial charge on any atom is 0.154 e. The molecule has 1 aromatic carbocycles. The van der Waals surface area contributed by atoms with E-state index in [2.05, 4.69) is 30.7 Å². The Bertz CT molecular complexity index is 991. The van der Waals surface area contributed by atoms with Gasteiger partial charge in [0.2, 0.25) is 0 Å². The van der Waals surface area contributed by atoms with Gasteiger partial charge >= 0.3 is 0 Å². The molecule has 0 saturated carbocycles. The summed E-state index contributed by atoms with van der Waals surface area (Å²) in [7, 11) is 0. The van der Waals surface area contributed by atoms with E-state index in [1.165, 1.54) is 6.20 Å². The molecule has 0 radical (unpaired) electrons. The van der Waals surface area contributed by atoms with Crippen LogP contribution in [-0.4, -0.2) is 48.6 Å². The van der Waals surface area contributed by atoms with Crippen molar-refractivity contribution in [2.24, 2.45) is 20.5 Å². The molecule has 3 heterocycles. The van der Waals surface area contributed by atoms with E-state index < -0.39 is 12.2 Å². The molecule has 4 rings (SSSR count). The van der Waals surface area contributed by atoms with Crippen LogP contribution in [-0.2, 0) is 4.74 Å². The van der Waals surface area contributed by atoms with Crippen LogP contribution in [0.3, 0.4) is 0 Å². The van der Waals surface area contributed by atoms with Crippen LogP contribution in [0.15, 0.2) is 57.1 Å². The van der Waals surface area contributed by atoms with E-state index in [-0.39, 0.29) is 6.54 Å². The molecule has 0 bridgehead atoms. The smallest absolute Gasteiger partial charge is 0.154 e. The number of anilines is 1. The molecule has 2 aromatic rings. The molecule has 1 fully saturated rings. The molecule has 11 heteroatoms. The minimum absolute atomic E-state index is 0.259. The fraction of sp³-hybridized carbons (Fsp3) is 0.368. The van der Waals surface area contributed by atoms with E-state index in [0.29, 0.717) is 54.8 Å². The number of benzene rings is 1. The first-order chi connectivity index (χ1) is 14.7. The van der Waals surface area contributed by atoms with Gasteiger partial charge in [-0.3, -0.25) is 4.98 Å². The van der Waals surface area contributed by atoms with Gasteiger partial charge < -0.3 is 15.0 Å². The van der Waals surface area contributed by atoms with Gasteiger partial charge in [0.25, 0.3) is 0 Å². The van der Waals surface area contributed by atoms with Crippen molar-refractivity contribution in [2.45, 2.75) is 12.2 Å². The van der Waals surface area contributed by atoms with Crippen molar-refractivity contribution in [1.29, 1.82) is 0 Å². The third-order valence-corrected chi connectivity index (χ3v) is 5.03. The van der Waals surface area contributed by atoms with Crippen molar-refractivity contribution in [2.75, 3.05) is 38.2 Å². The number of nitrogens with one attached hydrogen (secondary N) is 1. The molecule has 0 amide bonds. The van der Waals surface area contributed by atoms with E-state index in [0.717, 1.165) is 5.56 Å². The van der Waals surface area contributed by atoms with Crippen molar-refractivity contribution in [1.82, 2.24) is 9.88 Å². The molecule has 2 aliphatic heterocycles. The molecule has 30 heavy (non-hydrogen) atoms. The summed E-state index contributed by atoms with van der Waals surface area (Å²) in [5, 5.41) is 12.1. The van der Waals surface area contributed by atoms with E-state index in [1.807, 2.05) is 6.07 Å². The summed E-state index contributed by atoms with van der Waals surface area (Å²) in [5.41, 5.74) is 2.83. The van der Waals surface area contributed by atoms with E-state index in [4.69, 9.17) is 9.73 Å². The summed E-state index contributed by atoms with van der Waals surface area (Å²) in [4.78, 5) is 44.2. The quantitative estimate of drug-likeness (QED) is 0.723. The third-order valence-electron chi connectivity index (χ3n) is 5.03. The summed E-state index contributed by atoms with van der Waals surface area (Å²) in [6.07, 6.45) is 1.03. The highest BCUT2D eigenvalue weighted by molar-refractivity contribution is 6.03. The standard InChI is InChI=1S/C19H19N7O4/c27-21-11-16(25-29)13-9-15-17(20-10-13)19(26-4-6-30-7-5-26)23-18(22-15)12-2-1-3-14(8-12)24-28/h1-3,8-10,16,18,22H,4-7,11H2. The van der Waals surface area contributed by atoms with Crippen LogP contribution in [0.2, 0.25) is 0 Å². The number of nitrogens with zero attached hydrogens (tertiary/aromatic N) is 6. The third kappa shape index (κ3) is 3.92. The SMILES string of the molecule is O=NCC(N=O)c1cnc2c(c1)NC(c1cccc(N=O)c1)N=C2N1CCOCC1. The molecular formula is C19H19N7O4. The molecule has 2 atom stereocenters. The second-order valence-corrected chi connectivity index (χ2v) is 6.88. The van der Waals surface area contributed by atoms with Crippen LogP contribution >= 0.6 is 0 Å². The molecule has 11 nitrogen and oxygen atoms in total. The number of aromatic nitrogens is 1. The highest BCUT2D eigenvalue weighted by Crippen LogP contribution is 2.33. The Morgan fingerprint density at radius 2 is 2.03 bits per heavy atom. The normalized spacial score (nSPS) is 19.1. The second kappa shape index (κ2) is 8.82. The van der Waals surface area contributed by atoms with Crippen LogP contribution in [0.1, 0.15) is 29.0 Å². The maximum atomic E-state index is 11.1. The van der Waals surface area contributed by atoms with Crippen LogP contribution in [0.25, 0.3) is 0 Å². The van der Waals surface area contributed by atoms with Crippen molar-refractivity contribution in [3.8, 4) is 0 Å². The molecular weight excluding hydrogens is 390 g/mol. The van der Waals surface area contributed by atoms with Gasteiger partial charge in [-0.25, -0.2) is 4.99 Å². The number of ether oxygens (including phenoxy) is 1. The Balaban J connectivity index is 1.76. The molecule has 1 saturated heterocycles. The first-order valence-electron chi connectivity index (χ1n) is 9.45. The Kier molecular flexibility index (Phi) is 5.80. The average Bonchev–Trinajstić information content (AvgIpc) is 2.82. The molecule has 1 N–H and O–H groups in total. The zero-order valence-corrected chi connectivity index (χ0v) is 16.0. The van der Waals surface area contributed by atoms with Crippen molar-refractivity contribution in [3.63, 3.8) is 0 Å². The molecule has 0 spiro atoms. The first-order valence-corrected chi connectivity index (χ1v) is 9.45. The molecule has 0 aliphatic carbocycles. The lowest BCUT2D eigenvalue weighted by atomic mass is 10.0. The number of nitroso groups, excluding NO2 is 3. The van der Waals surface area contributed by atoms with Crippen LogP contribution in [0.5, 0.6) is 0 Å². The second-order valence-electron chi connectivity index (χ2n) is 6.88. The number of pyridine rings is 1. The fourth-order valence-corrected chi connectivity index (χ4v) is 3.50. The summed E-state index contributed by atoms with van der Waals surface area (Å²) in [6, 6.07) is 7.70. The van der Waals surface area contributed by atoms with Gasteiger partial charge in [-0.2, -0.15) is 9.81 Å². The van der Waals surface area contributed by atoms with Gasteiger partial charge in [-0.1, -0.05) is 22.5 Å². The summed E-state index contributed by atoms with van der Waals surface area (Å²) in [5.74, 6) is 0.692. The van der Waals surface area contributed by atoms with Crippen LogP contribution in [0, 0.1) is 14.7 Å². The zero-order valence-electron chi connectivity index (χ0n) is 16.0. The van der Waals surface area contributed by atoms with Gasteiger partial charge in [-0.05, 0) is 28.9 Å². The largest absolute Gasteiger partial charge is 0.378 e. The Labute approximate surface area is 171 Å². The van der Waals surface area contributed by atoms with Crippen molar-refractivity contribution < 1.29 is 4.74 Å². The molecule has 2 unspecified atom stereocenters. The highest BCUT2D eigenvalue weighted by Gasteiger charge is 2.29. The van der Waals surface area contributed by atoms with Gasteiger partial charge in [0.15, 0.2) is 5.84 Å². The van der Waals surface area contributed by atoms with Crippen molar-refractivity contribution >= 4 is 17.2 Å². The fourth-order valence-electron chi connectivity index (χ4n) is 3.50. The summed E-state index contributed by atoms with van der Waals surface area (Å²) in [6.45, 7) is 2.23. The maximum absolute atomic E-state index is 11.1. The van der Waals surface area contributed by atoms with Gasteiger partial charge in [0.05, 0.1) is 18.9 Å². The topological polar surface area (TPSA) is 138 Å². The van der Waals surface area contributed by atoms with E-state index in [9.17, 15) is 14.7 Å². The number of fused-ring (bicyclic) bond motifs is 1. The Morgan fingerprint density at radius 1 is 1.20 bits per heavy atom. The minimum atomic E-state index is -0.908. The lowest BCUT2D eigenvalue weighted by molar-refractivity contribution is 0.0679. The van der Waals surface area contributed by atoms with Crippen LogP contribution in [0.4, 0.5) is 11.4 Å². The summed E-state index contributed by atoms with van der Waals surface area (Å²) >= 11 is 0. The Morgan fingerprint density at radius 3 is 2.77 bits per heavy atom. The average molecular weight is 409 g/mol. The number of hydrogen-bond acceptors (Lipinski definition) is 11. The molecule has 1 aromatic heterocycles. The predicted molar refractivity (Wildman–Crippen MR) is 111 cm³/mol. The lowest BCUT2D eigenvalue weighted by Crippen LogP contribution is -2.43. The van der Waals surface area contributed by atoms with Crippen molar-refractivity contribution in [3.05, 3.63) is 68.1 Å². The van der Waals surface area contributed by atoms with E-state index >= 15 is 0 Å². The van der Waals surface area contributed by atoms with Crippen LogP contribution < -0.4 is 5.32 Å². The predicted octanol–water partition coefficient (Wildman–Crippen LogP) is 3.26. The number of aliphatic imine (C=N–C) groups is 1. The lowest BCUT2D eigenvalue weighted by Gasteiger charge is -2.34. The number of hydrogen-bond donors (Lipinski definition) is 1. The first kappa shape index (κ1) is 19.7. The minimum Gasteiger partial charge on any atom is -0.378 e. The number of amidine groups is 1. The van der Waals surface area contributed by atoms with Gasteiger partial charge in [0, 0.05) is 24.8 Å². The zero-order chi connectivity index (χ0) is 20.9.